The number of carbonyl (C=O) groups is 1. The summed E-state index contributed by atoms with van der Waals surface area (Å²) in [5.74, 6) is 1.66. The second-order valence-corrected chi connectivity index (χ2v) is 5.86. The quantitative estimate of drug-likeness (QED) is 0.867. The first-order chi connectivity index (χ1) is 10.6. The second-order valence-electron chi connectivity index (χ2n) is 5.86. The fourth-order valence-electron chi connectivity index (χ4n) is 2.74. The van der Waals surface area contributed by atoms with Crippen molar-refractivity contribution in [2.45, 2.75) is 26.3 Å². The van der Waals surface area contributed by atoms with Crippen molar-refractivity contribution in [3.63, 3.8) is 0 Å². The Morgan fingerprint density at radius 2 is 2.05 bits per heavy atom. The smallest absolute Gasteiger partial charge is 0.289 e. The first-order valence-electron chi connectivity index (χ1n) is 7.62. The number of furan rings is 1. The van der Waals surface area contributed by atoms with Crippen LogP contribution in [0.25, 0.3) is 0 Å². The van der Waals surface area contributed by atoms with Gasteiger partial charge in [-0.25, -0.2) is 4.98 Å². The van der Waals surface area contributed by atoms with Gasteiger partial charge >= 0.3 is 0 Å². The molecular weight excluding hydrogens is 282 g/mol. The summed E-state index contributed by atoms with van der Waals surface area (Å²) < 4.78 is 10.6. The van der Waals surface area contributed by atoms with E-state index in [2.05, 4.69) is 23.7 Å². The van der Waals surface area contributed by atoms with Gasteiger partial charge in [0.25, 0.3) is 5.91 Å². The number of nitrogens with zero attached hydrogens (tertiary/aromatic N) is 3. The molecule has 0 bridgehead atoms. The van der Waals surface area contributed by atoms with E-state index >= 15 is 0 Å². The van der Waals surface area contributed by atoms with Crippen LogP contribution in [-0.4, -0.2) is 46.9 Å². The molecule has 3 rings (SSSR count). The normalized spacial score (nSPS) is 16.4. The predicted molar refractivity (Wildman–Crippen MR) is 80.5 cm³/mol. The van der Waals surface area contributed by atoms with E-state index in [4.69, 9.17) is 8.83 Å². The van der Waals surface area contributed by atoms with Gasteiger partial charge < -0.3 is 13.7 Å². The third-order valence-electron chi connectivity index (χ3n) is 3.96. The Labute approximate surface area is 129 Å². The zero-order valence-electron chi connectivity index (χ0n) is 13.0. The molecule has 1 aliphatic heterocycles. The van der Waals surface area contributed by atoms with Crippen LogP contribution in [-0.2, 0) is 6.54 Å². The average Bonchev–Trinajstić information content (AvgIpc) is 3.18. The van der Waals surface area contributed by atoms with Gasteiger partial charge in [-0.1, -0.05) is 13.8 Å². The summed E-state index contributed by atoms with van der Waals surface area (Å²) in [6.45, 7) is 8.04. The molecule has 6 heteroatoms. The molecule has 2 aromatic rings. The van der Waals surface area contributed by atoms with Crippen LogP contribution in [0.1, 0.15) is 41.8 Å². The first-order valence-corrected chi connectivity index (χ1v) is 7.62. The van der Waals surface area contributed by atoms with Gasteiger partial charge in [-0.3, -0.25) is 9.69 Å². The number of aromatic nitrogens is 1. The van der Waals surface area contributed by atoms with Crippen molar-refractivity contribution in [2.75, 3.05) is 26.2 Å². The summed E-state index contributed by atoms with van der Waals surface area (Å²) in [4.78, 5) is 20.7. The van der Waals surface area contributed by atoms with Crippen molar-refractivity contribution >= 4 is 5.91 Å². The molecular formula is C16H21N3O3. The van der Waals surface area contributed by atoms with E-state index in [1.807, 2.05) is 4.90 Å². The van der Waals surface area contributed by atoms with E-state index in [1.54, 1.807) is 12.1 Å². The summed E-state index contributed by atoms with van der Waals surface area (Å²) in [5.41, 5.74) is 1.00. The Bertz CT molecular complexity index is 610. The van der Waals surface area contributed by atoms with Crippen molar-refractivity contribution in [3.05, 3.63) is 42.0 Å². The van der Waals surface area contributed by atoms with E-state index in [1.165, 1.54) is 12.7 Å². The van der Waals surface area contributed by atoms with Crippen LogP contribution >= 0.6 is 0 Å². The Morgan fingerprint density at radius 3 is 2.68 bits per heavy atom. The van der Waals surface area contributed by atoms with Crippen molar-refractivity contribution < 1.29 is 13.6 Å². The standard InChI is InChI=1S/C16H21N3O3/c1-12(2)15-13(17-11-22-15)10-18-5-7-19(8-6-18)16(20)14-4-3-9-21-14/h3-4,9,11-12H,5-8,10H2,1-2H3. The van der Waals surface area contributed by atoms with Crippen molar-refractivity contribution in [2.24, 2.45) is 0 Å². The molecule has 0 atom stereocenters. The molecule has 0 aliphatic carbocycles. The van der Waals surface area contributed by atoms with Gasteiger partial charge in [0, 0.05) is 38.6 Å². The second kappa shape index (κ2) is 6.36. The maximum atomic E-state index is 12.2. The lowest BCUT2D eigenvalue weighted by atomic mass is 10.1. The molecule has 1 saturated heterocycles. The van der Waals surface area contributed by atoms with Gasteiger partial charge in [-0.2, -0.15) is 0 Å². The van der Waals surface area contributed by atoms with Crippen LogP contribution in [0.5, 0.6) is 0 Å². The summed E-state index contributed by atoms with van der Waals surface area (Å²) >= 11 is 0. The molecule has 3 heterocycles. The highest BCUT2D eigenvalue weighted by Crippen LogP contribution is 2.20. The SMILES string of the molecule is CC(C)c1ocnc1CN1CCN(C(=O)c2ccco2)CC1. The highest BCUT2D eigenvalue weighted by molar-refractivity contribution is 5.91. The predicted octanol–water partition coefficient (Wildman–Crippen LogP) is 2.35. The molecule has 0 unspecified atom stereocenters. The van der Waals surface area contributed by atoms with E-state index < -0.39 is 0 Å². The number of hydrogen-bond donors (Lipinski definition) is 0. The first kappa shape index (κ1) is 14.8. The fraction of sp³-hybridized carbons (Fsp3) is 0.500. The van der Waals surface area contributed by atoms with E-state index in [0.29, 0.717) is 24.8 Å². The summed E-state index contributed by atoms with van der Waals surface area (Å²) in [5, 5.41) is 0. The maximum Gasteiger partial charge on any atom is 0.289 e. The lowest BCUT2D eigenvalue weighted by molar-refractivity contribution is 0.0596. The molecule has 0 spiro atoms. The average molecular weight is 303 g/mol. The number of oxazole rings is 1. The van der Waals surface area contributed by atoms with Gasteiger partial charge in [-0.15, -0.1) is 0 Å². The minimum atomic E-state index is -0.0334. The minimum absolute atomic E-state index is 0.0334. The Kier molecular flexibility index (Phi) is 4.29. The van der Waals surface area contributed by atoms with Crippen LogP contribution in [0.3, 0.4) is 0 Å². The monoisotopic (exact) mass is 303 g/mol. The molecule has 0 radical (unpaired) electrons. The number of rotatable bonds is 4. The number of hydrogen-bond acceptors (Lipinski definition) is 5. The largest absolute Gasteiger partial charge is 0.459 e. The third-order valence-corrected chi connectivity index (χ3v) is 3.96. The molecule has 118 valence electrons. The van der Waals surface area contributed by atoms with Crippen LogP contribution in [0.2, 0.25) is 0 Å². The lowest BCUT2D eigenvalue weighted by Gasteiger charge is -2.34. The molecule has 6 nitrogen and oxygen atoms in total. The van der Waals surface area contributed by atoms with Crippen molar-refractivity contribution in [1.29, 1.82) is 0 Å². The van der Waals surface area contributed by atoms with Gasteiger partial charge in [0.1, 0.15) is 5.76 Å². The number of piperazine rings is 1. The molecule has 1 amide bonds. The van der Waals surface area contributed by atoms with Crippen LogP contribution in [0, 0.1) is 0 Å². The van der Waals surface area contributed by atoms with Crippen molar-refractivity contribution in [1.82, 2.24) is 14.8 Å². The molecule has 2 aromatic heterocycles. The summed E-state index contributed by atoms with van der Waals surface area (Å²) in [6.07, 6.45) is 3.04. The van der Waals surface area contributed by atoms with E-state index in [-0.39, 0.29) is 5.91 Å². The van der Waals surface area contributed by atoms with Gasteiger partial charge in [0.2, 0.25) is 0 Å². The summed E-state index contributed by atoms with van der Waals surface area (Å²) in [6, 6.07) is 3.44. The Hall–Kier alpha value is -2.08. The number of carbonyl (C=O) groups excluding carboxylic acids is 1. The number of amides is 1. The lowest BCUT2D eigenvalue weighted by Crippen LogP contribution is -2.48. The van der Waals surface area contributed by atoms with Crippen LogP contribution in [0.15, 0.2) is 33.6 Å². The zero-order valence-corrected chi connectivity index (χ0v) is 13.0. The Morgan fingerprint density at radius 1 is 1.27 bits per heavy atom. The van der Waals surface area contributed by atoms with Gasteiger partial charge in [0.15, 0.2) is 12.2 Å². The van der Waals surface area contributed by atoms with E-state index in [0.717, 1.165) is 31.1 Å². The highest BCUT2D eigenvalue weighted by atomic mass is 16.3. The van der Waals surface area contributed by atoms with Crippen LogP contribution < -0.4 is 0 Å². The third kappa shape index (κ3) is 3.06. The highest BCUT2D eigenvalue weighted by Gasteiger charge is 2.25. The molecule has 1 fully saturated rings. The Balaban J connectivity index is 1.56. The molecule has 0 saturated carbocycles. The van der Waals surface area contributed by atoms with Crippen LogP contribution in [0.4, 0.5) is 0 Å². The molecule has 1 aliphatic rings. The van der Waals surface area contributed by atoms with E-state index in [9.17, 15) is 4.79 Å². The van der Waals surface area contributed by atoms with Gasteiger partial charge in [0.05, 0.1) is 12.0 Å². The topological polar surface area (TPSA) is 62.7 Å². The summed E-state index contributed by atoms with van der Waals surface area (Å²) in [7, 11) is 0. The maximum absolute atomic E-state index is 12.2. The van der Waals surface area contributed by atoms with Gasteiger partial charge in [-0.05, 0) is 12.1 Å². The fourth-order valence-corrected chi connectivity index (χ4v) is 2.74. The molecule has 0 aromatic carbocycles. The zero-order chi connectivity index (χ0) is 15.5. The molecule has 0 N–H and O–H groups in total. The molecule has 22 heavy (non-hydrogen) atoms. The minimum Gasteiger partial charge on any atom is -0.459 e. The van der Waals surface area contributed by atoms with Crippen molar-refractivity contribution in [3.8, 4) is 0 Å².